The fraction of sp³-hybridized carbons (Fsp3) is 0.588. The summed E-state index contributed by atoms with van der Waals surface area (Å²) in [5, 5.41) is 6.48. The molecule has 1 saturated heterocycles. The maximum Gasteiger partial charge on any atom is 0.237 e. The van der Waals surface area contributed by atoms with Gasteiger partial charge in [0.05, 0.1) is 12.1 Å². The highest BCUT2D eigenvalue weighted by molar-refractivity contribution is 5.82. The van der Waals surface area contributed by atoms with Gasteiger partial charge in [0.15, 0.2) is 0 Å². The number of benzene rings is 1. The second-order valence-corrected chi connectivity index (χ2v) is 6.39. The van der Waals surface area contributed by atoms with Crippen LogP contribution in [-0.2, 0) is 4.79 Å². The van der Waals surface area contributed by atoms with Crippen LogP contribution in [0.2, 0.25) is 0 Å². The Morgan fingerprint density at radius 1 is 1.38 bits per heavy atom. The Morgan fingerprint density at radius 2 is 2.19 bits per heavy atom. The maximum absolute atomic E-state index is 13.2. The molecule has 2 N–H and O–H groups in total. The molecule has 1 aromatic carbocycles. The molecule has 0 aromatic heterocycles. The number of carbonyl (C=O) groups excluding carboxylic acids is 1. The Bertz CT molecular complexity index is 505. The molecule has 2 aliphatic rings. The van der Waals surface area contributed by atoms with Gasteiger partial charge < -0.3 is 10.6 Å². The van der Waals surface area contributed by atoms with Crippen LogP contribution in [0.15, 0.2) is 24.3 Å². The lowest BCUT2D eigenvalue weighted by Crippen LogP contribution is -2.43. The Kier molecular flexibility index (Phi) is 4.24. The summed E-state index contributed by atoms with van der Waals surface area (Å²) < 4.78 is 13.2. The van der Waals surface area contributed by atoms with Crippen LogP contribution < -0.4 is 10.6 Å². The van der Waals surface area contributed by atoms with Gasteiger partial charge in [0.1, 0.15) is 5.82 Å². The van der Waals surface area contributed by atoms with Crippen LogP contribution in [0.25, 0.3) is 0 Å². The highest BCUT2D eigenvalue weighted by atomic mass is 19.1. The fourth-order valence-corrected chi connectivity index (χ4v) is 3.69. The van der Waals surface area contributed by atoms with Crippen molar-refractivity contribution in [2.75, 3.05) is 0 Å². The van der Waals surface area contributed by atoms with Gasteiger partial charge in [0, 0.05) is 6.04 Å². The second-order valence-electron chi connectivity index (χ2n) is 6.39. The van der Waals surface area contributed by atoms with Gasteiger partial charge >= 0.3 is 0 Å². The number of hydrogen-bond acceptors (Lipinski definition) is 2. The van der Waals surface area contributed by atoms with Gasteiger partial charge in [-0.15, -0.1) is 0 Å². The lowest BCUT2D eigenvalue weighted by atomic mass is 9.85. The molecule has 1 aliphatic carbocycles. The third kappa shape index (κ3) is 3.26. The molecule has 1 aliphatic heterocycles. The summed E-state index contributed by atoms with van der Waals surface area (Å²) in [7, 11) is 0. The van der Waals surface area contributed by atoms with E-state index >= 15 is 0 Å². The number of nitrogens with one attached hydrogen (secondary N) is 2. The van der Waals surface area contributed by atoms with E-state index in [2.05, 4.69) is 10.6 Å². The number of rotatable bonds is 3. The molecular formula is C17H23FN2O. The van der Waals surface area contributed by atoms with Crippen molar-refractivity contribution in [3.8, 4) is 0 Å². The van der Waals surface area contributed by atoms with E-state index in [1.54, 1.807) is 6.07 Å². The number of carbonyl (C=O) groups is 1. The first-order valence-electron chi connectivity index (χ1n) is 7.95. The van der Waals surface area contributed by atoms with Crippen molar-refractivity contribution in [2.45, 2.75) is 57.2 Å². The molecule has 1 aromatic rings. The number of amides is 1. The molecule has 4 atom stereocenters. The van der Waals surface area contributed by atoms with E-state index in [-0.39, 0.29) is 23.8 Å². The van der Waals surface area contributed by atoms with E-state index in [9.17, 15) is 9.18 Å². The molecule has 114 valence electrons. The fourth-order valence-electron chi connectivity index (χ4n) is 3.69. The zero-order valence-corrected chi connectivity index (χ0v) is 12.4. The van der Waals surface area contributed by atoms with Gasteiger partial charge in [0.25, 0.3) is 0 Å². The van der Waals surface area contributed by atoms with Crippen LogP contribution in [0, 0.1) is 11.7 Å². The molecular weight excluding hydrogens is 267 g/mol. The topological polar surface area (TPSA) is 41.1 Å². The average molecular weight is 290 g/mol. The second kappa shape index (κ2) is 6.14. The van der Waals surface area contributed by atoms with Crippen LogP contribution in [0.4, 0.5) is 4.39 Å². The largest absolute Gasteiger partial charge is 0.348 e. The van der Waals surface area contributed by atoms with Crippen molar-refractivity contribution in [1.29, 1.82) is 0 Å². The van der Waals surface area contributed by atoms with E-state index < -0.39 is 0 Å². The molecule has 4 heteroatoms. The van der Waals surface area contributed by atoms with Crippen LogP contribution >= 0.6 is 0 Å². The standard InChI is InChI=1S/C17H23FN2O/c1-11(12-6-4-7-14(18)9-12)19-17(21)16-10-13-5-2-3-8-15(13)20-16/h4,6-7,9,11,13,15-16,20H,2-3,5,8,10H2,1H3,(H,19,21)/t11-,13?,15?,16?/m0/s1. The quantitative estimate of drug-likeness (QED) is 0.898. The van der Waals surface area contributed by atoms with Gasteiger partial charge in [-0.25, -0.2) is 4.39 Å². The zero-order chi connectivity index (χ0) is 14.8. The predicted octanol–water partition coefficient (Wildman–Crippen LogP) is 2.92. The molecule has 1 heterocycles. The lowest BCUT2D eigenvalue weighted by Gasteiger charge is -2.24. The minimum atomic E-state index is -0.265. The van der Waals surface area contributed by atoms with E-state index in [0.29, 0.717) is 12.0 Å². The van der Waals surface area contributed by atoms with Crippen LogP contribution in [0.5, 0.6) is 0 Å². The number of fused-ring (bicyclic) bond motifs is 1. The molecule has 1 saturated carbocycles. The SMILES string of the molecule is C[C@H](NC(=O)C1CC2CCCCC2N1)c1cccc(F)c1. The summed E-state index contributed by atoms with van der Waals surface area (Å²) in [5.41, 5.74) is 0.804. The summed E-state index contributed by atoms with van der Waals surface area (Å²) in [5.74, 6) is 0.429. The zero-order valence-electron chi connectivity index (χ0n) is 12.4. The van der Waals surface area contributed by atoms with Gasteiger partial charge in [0.2, 0.25) is 5.91 Å². The molecule has 3 unspecified atom stereocenters. The van der Waals surface area contributed by atoms with E-state index in [1.807, 2.05) is 13.0 Å². The van der Waals surface area contributed by atoms with Crippen molar-refractivity contribution in [2.24, 2.45) is 5.92 Å². The van der Waals surface area contributed by atoms with Crippen molar-refractivity contribution in [3.63, 3.8) is 0 Å². The molecule has 2 fully saturated rings. The van der Waals surface area contributed by atoms with Crippen molar-refractivity contribution in [1.82, 2.24) is 10.6 Å². The summed E-state index contributed by atoms with van der Waals surface area (Å²) in [6.07, 6.45) is 5.92. The minimum absolute atomic E-state index is 0.0427. The highest BCUT2D eigenvalue weighted by Gasteiger charge is 2.38. The minimum Gasteiger partial charge on any atom is -0.348 e. The van der Waals surface area contributed by atoms with Crippen LogP contribution in [-0.4, -0.2) is 18.0 Å². The first kappa shape index (κ1) is 14.5. The first-order valence-corrected chi connectivity index (χ1v) is 7.95. The Hall–Kier alpha value is -1.42. The first-order chi connectivity index (χ1) is 10.1. The summed E-state index contributed by atoms with van der Waals surface area (Å²) >= 11 is 0. The average Bonchev–Trinajstić information content (AvgIpc) is 2.91. The number of halogens is 1. The summed E-state index contributed by atoms with van der Waals surface area (Å²) in [6.45, 7) is 1.90. The Morgan fingerprint density at radius 3 is 2.95 bits per heavy atom. The third-order valence-corrected chi connectivity index (χ3v) is 4.89. The van der Waals surface area contributed by atoms with E-state index in [4.69, 9.17) is 0 Å². The van der Waals surface area contributed by atoms with Crippen molar-refractivity contribution in [3.05, 3.63) is 35.6 Å². The summed E-state index contributed by atoms with van der Waals surface area (Å²) in [4.78, 5) is 12.4. The molecule has 3 nitrogen and oxygen atoms in total. The van der Waals surface area contributed by atoms with Crippen molar-refractivity contribution < 1.29 is 9.18 Å². The smallest absolute Gasteiger partial charge is 0.237 e. The molecule has 0 bridgehead atoms. The van der Waals surface area contributed by atoms with Gasteiger partial charge in [-0.3, -0.25) is 4.79 Å². The van der Waals surface area contributed by atoms with Gasteiger partial charge in [-0.1, -0.05) is 25.0 Å². The normalized spacial score (nSPS) is 29.7. The lowest BCUT2D eigenvalue weighted by molar-refractivity contribution is -0.123. The van der Waals surface area contributed by atoms with E-state index in [1.165, 1.54) is 37.8 Å². The highest BCUT2D eigenvalue weighted by Crippen LogP contribution is 2.33. The maximum atomic E-state index is 13.2. The molecule has 0 spiro atoms. The van der Waals surface area contributed by atoms with Gasteiger partial charge in [-0.05, 0) is 49.8 Å². The Balaban J connectivity index is 1.59. The molecule has 0 radical (unpaired) electrons. The third-order valence-electron chi connectivity index (χ3n) is 4.89. The van der Waals surface area contributed by atoms with Crippen LogP contribution in [0.1, 0.15) is 50.6 Å². The number of hydrogen-bond donors (Lipinski definition) is 2. The van der Waals surface area contributed by atoms with Crippen molar-refractivity contribution >= 4 is 5.91 Å². The Labute approximate surface area is 125 Å². The molecule has 3 rings (SSSR count). The monoisotopic (exact) mass is 290 g/mol. The molecule has 1 amide bonds. The van der Waals surface area contributed by atoms with Crippen LogP contribution in [0.3, 0.4) is 0 Å². The molecule has 21 heavy (non-hydrogen) atoms. The predicted molar refractivity (Wildman–Crippen MR) is 80.2 cm³/mol. The summed E-state index contributed by atoms with van der Waals surface area (Å²) in [6, 6.07) is 6.67. The van der Waals surface area contributed by atoms with Gasteiger partial charge in [-0.2, -0.15) is 0 Å². The van der Waals surface area contributed by atoms with E-state index in [0.717, 1.165) is 12.0 Å².